The van der Waals surface area contributed by atoms with Crippen LogP contribution in [-0.2, 0) is 9.59 Å². The van der Waals surface area contributed by atoms with E-state index in [0.717, 1.165) is 9.78 Å². The van der Waals surface area contributed by atoms with Gasteiger partial charge in [-0.15, -0.1) is 11.3 Å². The second-order valence-corrected chi connectivity index (χ2v) is 5.12. The molecule has 5 heteroatoms. The van der Waals surface area contributed by atoms with Crippen LogP contribution >= 0.6 is 11.3 Å². The molecule has 1 aromatic carbocycles. The highest BCUT2D eigenvalue weighted by Gasteiger charge is 2.17. The number of nitrogen functional groups attached to an aromatic ring is 1. The molecule has 4 nitrogen and oxygen atoms in total. The molecule has 20 heavy (non-hydrogen) atoms. The average molecular weight is 286 g/mol. The van der Waals surface area contributed by atoms with Crippen molar-refractivity contribution in [2.75, 3.05) is 10.6 Å². The summed E-state index contributed by atoms with van der Waals surface area (Å²) in [6.45, 7) is 1.35. The summed E-state index contributed by atoms with van der Waals surface area (Å²) in [6.07, 6.45) is 3.08. The number of carbonyl (C=O) groups is 2. The van der Waals surface area contributed by atoms with Crippen molar-refractivity contribution in [3.8, 4) is 0 Å². The van der Waals surface area contributed by atoms with Crippen molar-refractivity contribution in [1.82, 2.24) is 0 Å². The van der Waals surface area contributed by atoms with E-state index in [1.807, 2.05) is 17.5 Å². The molecule has 0 fully saturated rings. The Kier molecular flexibility index (Phi) is 4.32. The lowest BCUT2D eigenvalue weighted by atomic mass is 10.2. The fourth-order valence-corrected chi connectivity index (χ4v) is 2.36. The van der Waals surface area contributed by atoms with Gasteiger partial charge in [-0.2, -0.15) is 0 Å². The van der Waals surface area contributed by atoms with E-state index in [1.54, 1.807) is 30.3 Å². The highest BCUT2D eigenvalue weighted by molar-refractivity contribution is 7.10. The molecule has 0 aliphatic rings. The van der Waals surface area contributed by atoms with E-state index in [-0.39, 0.29) is 5.91 Å². The van der Waals surface area contributed by atoms with Crippen LogP contribution in [0, 0.1) is 0 Å². The predicted octanol–water partition coefficient (Wildman–Crippen LogP) is 2.92. The van der Waals surface area contributed by atoms with Gasteiger partial charge in [0.2, 0.25) is 5.91 Å². The molecule has 0 bridgehead atoms. The summed E-state index contributed by atoms with van der Waals surface area (Å²) in [6, 6.07) is 10.5. The fourth-order valence-electron chi connectivity index (χ4n) is 1.74. The number of rotatable bonds is 3. The van der Waals surface area contributed by atoms with Crippen LogP contribution < -0.4 is 10.6 Å². The molecule has 0 radical (unpaired) electrons. The minimum absolute atomic E-state index is 0.351. The Bertz CT molecular complexity index is 648. The molecular formula is C15H14N2O2S. The lowest BCUT2D eigenvalue weighted by Gasteiger charge is -2.17. The van der Waals surface area contributed by atoms with Crippen LogP contribution in [0.1, 0.15) is 11.8 Å². The van der Waals surface area contributed by atoms with Crippen molar-refractivity contribution in [3.05, 3.63) is 52.7 Å². The fraction of sp³-hybridized carbons (Fsp3) is 0.0667. The smallest absolute Gasteiger partial charge is 0.257 e. The minimum atomic E-state index is -0.392. The average Bonchev–Trinajstić information content (AvgIpc) is 2.89. The summed E-state index contributed by atoms with van der Waals surface area (Å²) in [5.41, 5.74) is 6.66. The number of anilines is 2. The highest BCUT2D eigenvalue weighted by atomic mass is 32.1. The van der Waals surface area contributed by atoms with Crippen LogP contribution in [0.2, 0.25) is 0 Å². The van der Waals surface area contributed by atoms with Crippen molar-refractivity contribution >= 4 is 40.6 Å². The Morgan fingerprint density at radius 1 is 1.25 bits per heavy atom. The summed E-state index contributed by atoms with van der Waals surface area (Å²) < 4.78 is 0. The first-order chi connectivity index (χ1) is 9.58. The van der Waals surface area contributed by atoms with Gasteiger partial charge in [0, 0.05) is 23.6 Å². The first kappa shape index (κ1) is 14.0. The third-order valence-corrected chi connectivity index (χ3v) is 3.43. The summed E-state index contributed by atoms with van der Waals surface area (Å²) in [5.74, 6) is -0.743. The second kappa shape index (κ2) is 6.16. The van der Waals surface area contributed by atoms with Crippen LogP contribution in [-0.4, -0.2) is 11.8 Å². The van der Waals surface area contributed by atoms with E-state index in [2.05, 4.69) is 0 Å². The van der Waals surface area contributed by atoms with E-state index in [4.69, 9.17) is 5.73 Å². The van der Waals surface area contributed by atoms with Gasteiger partial charge in [0.05, 0.1) is 5.69 Å². The molecule has 2 aromatic rings. The second-order valence-electron chi connectivity index (χ2n) is 4.14. The van der Waals surface area contributed by atoms with Crippen LogP contribution in [0.3, 0.4) is 0 Å². The van der Waals surface area contributed by atoms with Gasteiger partial charge in [0.25, 0.3) is 5.91 Å². The molecule has 0 aliphatic carbocycles. The number of thiophene rings is 1. The number of amides is 2. The van der Waals surface area contributed by atoms with Gasteiger partial charge in [0.15, 0.2) is 0 Å². The Balaban J connectivity index is 2.25. The molecule has 0 spiro atoms. The van der Waals surface area contributed by atoms with Crippen LogP contribution in [0.15, 0.2) is 47.9 Å². The maximum absolute atomic E-state index is 12.2. The molecule has 2 N–H and O–H groups in total. The lowest BCUT2D eigenvalue weighted by molar-refractivity contribution is -0.122. The van der Waals surface area contributed by atoms with E-state index in [1.165, 1.54) is 24.3 Å². The summed E-state index contributed by atoms with van der Waals surface area (Å²) in [7, 11) is 0. The predicted molar refractivity (Wildman–Crippen MR) is 82.4 cm³/mol. The van der Waals surface area contributed by atoms with Crippen molar-refractivity contribution < 1.29 is 9.59 Å². The molecule has 102 valence electrons. The van der Waals surface area contributed by atoms with Gasteiger partial charge in [-0.25, -0.2) is 4.90 Å². The third kappa shape index (κ3) is 3.33. The van der Waals surface area contributed by atoms with Gasteiger partial charge in [-0.05, 0) is 35.7 Å². The number of nitrogens with zero attached hydrogens (tertiary/aromatic N) is 1. The number of nitrogens with two attached hydrogens (primary N) is 1. The topological polar surface area (TPSA) is 63.4 Å². The molecule has 0 saturated carbocycles. The monoisotopic (exact) mass is 286 g/mol. The standard InChI is InChI=1S/C15H14N2O2S/c1-11(18)17(13-5-2-4-12(16)10-13)15(19)8-7-14-6-3-9-20-14/h2-10H,16H2,1H3/b8-7+. The molecule has 2 amide bonds. The Hall–Kier alpha value is -2.40. The SMILES string of the molecule is CC(=O)N(C(=O)/C=C/c1cccs1)c1cccc(N)c1. The largest absolute Gasteiger partial charge is 0.399 e. The van der Waals surface area contributed by atoms with Crippen molar-refractivity contribution in [2.24, 2.45) is 0 Å². The van der Waals surface area contributed by atoms with E-state index >= 15 is 0 Å². The quantitative estimate of drug-likeness (QED) is 0.697. The van der Waals surface area contributed by atoms with Crippen LogP contribution in [0.25, 0.3) is 6.08 Å². The van der Waals surface area contributed by atoms with Gasteiger partial charge in [-0.3, -0.25) is 9.59 Å². The van der Waals surface area contributed by atoms with Crippen molar-refractivity contribution in [3.63, 3.8) is 0 Å². The van der Waals surface area contributed by atoms with E-state index in [9.17, 15) is 9.59 Å². The van der Waals surface area contributed by atoms with Gasteiger partial charge in [0.1, 0.15) is 0 Å². The first-order valence-electron chi connectivity index (χ1n) is 5.99. The molecule has 1 aromatic heterocycles. The van der Waals surface area contributed by atoms with Gasteiger partial charge < -0.3 is 5.73 Å². The number of hydrogen-bond donors (Lipinski definition) is 1. The van der Waals surface area contributed by atoms with E-state index < -0.39 is 5.91 Å². The molecule has 1 heterocycles. The zero-order valence-electron chi connectivity index (χ0n) is 10.9. The molecule has 2 rings (SSSR count). The maximum Gasteiger partial charge on any atom is 0.257 e. The first-order valence-corrected chi connectivity index (χ1v) is 6.87. The van der Waals surface area contributed by atoms with Crippen LogP contribution in [0.4, 0.5) is 11.4 Å². The zero-order chi connectivity index (χ0) is 14.5. The summed E-state index contributed by atoms with van der Waals surface area (Å²) in [5, 5.41) is 1.92. The van der Waals surface area contributed by atoms with E-state index in [0.29, 0.717) is 11.4 Å². The van der Waals surface area contributed by atoms with Gasteiger partial charge >= 0.3 is 0 Å². The Morgan fingerprint density at radius 3 is 2.65 bits per heavy atom. The Morgan fingerprint density at radius 2 is 2.05 bits per heavy atom. The summed E-state index contributed by atoms with van der Waals surface area (Å²) >= 11 is 1.52. The third-order valence-electron chi connectivity index (χ3n) is 2.60. The molecule has 0 atom stereocenters. The lowest BCUT2D eigenvalue weighted by Crippen LogP contribution is -2.33. The normalized spacial score (nSPS) is 10.7. The molecule has 0 aliphatic heterocycles. The maximum atomic E-state index is 12.2. The number of carbonyl (C=O) groups excluding carboxylic acids is 2. The van der Waals surface area contributed by atoms with Crippen molar-refractivity contribution in [1.29, 1.82) is 0 Å². The number of hydrogen-bond acceptors (Lipinski definition) is 4. The summed E-state index contributed by atoms with van der Waals surface area (Å²) in [4.78, 5) is 25.9. The molecular weight excluding hydrogens is 272 g/mol. The Labute approximate surface area is 121 Å². The molecule has 0 saturated heterocycles. The van der Waals surface area contributed by atoms with Gasteiger partial charge in [-0.1, -0.05) is 12.1 Å². The van der Waals surface area contributed by atoms with Crippen LogP contribution in [0.5, 0.6) is 0 Å². The molecule has 0 unspecified atom stereocenters. The number of imide groups is 1. The van der Waals surface area contributed by atoms with Crippen molar-refractivity contribution in [2.45, 2.75) is 6.92 Å². The zero-order valence-corrected chi connectivity index (χ0v) is 11.8. The number of benzene rings is 1. The highest BCUT2D eigenvalue weighted by Crippen LogP contribution is 2.19. The minimum Gasteiger partial charge on any atom is -0.399 e.